The fraction of sp³-hybridized carbons (Fsp3) is 0.364. The molecule has 0 unspecified atom stereocenters. The molecule has 0 bridgehead atoms. The minimum Gasteiger partial charge on any atom is -0.355 e. The average molecular weight is 368 g/mol. The Labute approximate surface area is 159 Å². The van der Waals surface area contributed by atoms with Crippen LogP contribution in [-0.2, 0) is 16.0 Å². The number of hydrogen-bond acceptors (Lipinski definition) is 2. The molecule has 1 aliphatic carbocycles. The highest BCUT2D eigenvalue weighted by Crippen LogP contribution is 2.48. The van der Waals surface area contributed by atoms with Crippen LogP contribution in [0.25, 0.3) is 0 Å². The first-order valence-electron chi connectivity index (χ1n) is 9.38. The molecule has 1 N–H and O–H groups in total. The Bertz CT molecular complexity index is 846. The summed E-state index contributed by atoms with van der Waals surface area (Å²) in [6.45, 7) is 4.70. The third-order valence-electron chi connectivity index (χ3n) is 5.11. The van der Waals surface area contributed by atoms with Crippen LogP contribution >= 0.6 is 0 Å². The van der Waals surface area contributed by atoms with E-state index in [1.54, 1.807) is 23.1 Å². The Hall–Kier alpha value is -2.69. The van der Waals surface area contributed by atoms with Gasteiger partial charge in [0.15, 0.2) is 0 Å². The second-order valence-corrected chi connectivity index (χ2v) is 7.07. The van der Waals surface area contributed by atoms with Crippen molar-refractivity contribution in [3.63, 3.8) is 0 Å². The second-order valence-electron chi connectivity index (χ2n) is 7.07. The molecule has 0 radical (unpaired) electrons. The Morgan fingerprint density at radius 1 is 1.15 bits per heavy atom. The van der Waals surface area contributed by atoms with Crippen molar-refractivity contribution in [2.24, 2.45) is 5.41 Å². The van der Waals surface area contributed by atoms with Crippen molar-refractivity contribution in [2.75, 3.05) is 18.0 Å². The summed E-state index contributed by atoms with van der Waals surface area (Å²) in [6.07, 6.45) is 1.51. The molecule has 5 heteroatoms. The maximum atomic E-state index is 13.7. The summed E-state index contributed by atoms with van der Waals surface area (Å²) in [5, 5.41) is 2.83. The van der Waals surface area contributed by atoms with E-state index in [4.69, 9.17) is 0 Å². The zero-order valence-electron chi connectivity index (χ0n) is 15.8. The number of rotatable bonds is 7. The highest BCUT2D eigenvalue weighted by atomic mass is 19.1. The molecule has 4 nitrogen and oxygen atoms in total. The molecule has 0 aliphatic heterocycles. The normalized spacial score (nSPS) is 14.5. The van der Waals surface area contributed by atoms with Crippen LogP contribution in [0.3, 0.4) is 0 Å². The van der Waals surface area contributed by atoms with Crippen LogP contribution in [0.1, 0.15) is 30.9 Å². The van der Waals surface area contributed by atoms with Crippen molar-refractivity contribution in [1.29, 1.82) is 0 Å². The van der Waals surface area contributed by atoms with Crippen molar-refractivity contribution < 1.29 is 14.0 Å². The van der Waals surface area contributed by atoms with Crippen molar-refractivity contribution >= 4 is 17.5 Å². The van der Waals surface area contributed by atoms with Crippen LogP contribution in [0.15, 0.2) is 48.5 Å². The Morgan fingerprint density at radius 2 is 1.89 bits per heavy atom. The van der Waals surface area contributed by atoms with E-state index < -0.39 is 5.41 Å². The third-order valence-corrected chi connectivity index (χ3v) is 5.11. The lowest BCUT2D eigenvalue weighted by atomic mass is 10.0. The molecular weight excluding hydrogens is 343 g/mol. The number of carbonyl (C=O) groups is 2. The number of nitrogens with zero attached hydrogens (tertiary/aromatic N) is 1. The molecule has 0 saturated heterocycles. The minimum atomic E-state index is -0.977. The zero-order valence-corrected chi connectivity index (χ0v) is 15.8. The minimum absolute atomic E-state index is 0.154. The summed E-state index contributed by atoms with van der Waals surface area (Å²) in [7, 11) is 0. The third kappa shape index (κ3) is 4.02. The predicted octanol–water partition coefficient (Wildman–Crippen LogP) is 3.63. The molecule has 0 spiro atoms. The van der Waals surface area contributed by atoms with Gasteiger partial charge in [0.1, 0.15) is 11.2 Å². The van der Waals surface area contributed by atoms with Crippen LogP contribution in [0.5, 0.6) is 0 Å². The van der Waals surface area contributed by atoms with E-state index in [1.807, 2.05) is 38.1 Å². The van der Waals surface area contributed by atoms with Gasteiger partial charge >= 0.3 is 0 Å². The summed E-state index contributed by atoms with van der Waals surface area (Å²) < 4.78 is 13.7. The van der Waals surface area contributed by atoms with Crippen LogP contribution in [0.4, 0.5) is 10.1 Å². The fourth-order valence-electron chi connectivity index (χ4n) is 3.34. The van der Waals surface area contributed by atoms with Gasteiger partial charge in [-0.1, -0.05) is 30.3 Å². The molecular formula is C22H25FN2O2. The van der Waals surface area contributed by atoms with Crippen LogP contribution in [0, 0.1) is 18.2 Å². The summed E-state index contributed by atoms with van der Waals surface area (Å²) >= 11 is 0. The fourth-order valence-corrected chi connectivity index (χ4v) is 3.34. The van der Waals surface area contributed by atoms with Crippen LogP contribution in [-0.4, -0.2) is 24.9 Å². The number of nitrogens with one attached hydrogen (secondary N) is 1. The largest absolute Gasteiger partial charge is 0.355 e. The summed E-state index contributed by atoms with van der Waals surface area (Å²) in [5.41, 5.74) is 1.46. The maximum Gasteiger partial charge on any atom is 0.242 e. The first-order chi connectivity index (χ1) is 13.0. The Kier molecular flexibility index (Phi) is 5.59. The average Bonchev–Trinajstić information content (AvgIpc) is 3.46. The molecule has 27 heavy (non-hydrogen) atoms. The van der Waals surface area contributed by atoms with Crippen molar-refractivity contribution in [3.05, 3.63) is 65.5 Å². The van der Waals surface area contributed by atoms with Crippen molar-refractivity contribution in [1.82, 2.24) is 5.32 Å². The number of halogens is 1. The SMILES string of the molecule is CCN(C(=O)C1(C(=O)NCCc2ccccc2F)CC1)c1cccc(C)c1. The zero-order chi connectivity index (χ0) is 19.4. The van der Waals surface area contributed by atoms with Gasteiger partial charge in [-0.2, -0.15) is 0 Å². The van der Waals surface area contributed by atoms with Gasteiger partial charge in [0.25, 0.3) is 0 Å². The molecule has 1 fully saturated rings. The van der Waals surface area contributed by atoms with E-state index in [2.05, 4.69) is 5.32 Å². The number of carbonyl (C=O) groups excluding carboxylic acids is 2. The van der Waals surface area contributed by atoms with Gasteiger partial charge in [0.05, 0.1) is 0 Å². The number of hydrogen-bond donors (Lipinski definition) is 1. The summed E-state index contributed by atoms with van der Waals surface area (Å²) in [4.78, 5) is 27.5. The van der Waals surface area contributed by atoms with E-state index in [9.17, 15) is 14.0 Å². The topological polar surface area (TPSA) is 49.4 Å². The van der Waals surface area contributed by atoms with Crippen LogP contribution < -0.4 is 10.2 Å². The molecule has 1 saturated carbocycles. The first kappa shape index (κ1) is 19.1. The Balaban J connectivity index is 1.65. The highest BCUT2D eigenvalue weighted by Gasteiger charge is 2.57. The maximum absolute atomic E-state index is 13.7. The smallest absolute Gasteiger partial charge is 0.242 e. The lowest BCUT2D eigenvalue weighted by Crippen LogP contribution is -2.46. The Morgan fingerprint density at radius 3 is 2.52 bits per heavy atom. The number of amides is 2. The standard InChI is InChI=1S/C22H25FN2O2/c1-3-25(18-9-6-7-16(2)15-18)21(27)22(12-13-22)20(26)24-14-11-17-8-4-5-10-19(17)23/h4-10,15H,3,11-14H2,1-2H3,(H,24,26). The number of anilines is 1. The van der Waals surface area contributed by atoms with E-state index in [1.165, 1.54) is 6.07 Å². The van der Waals surface area contributed by atoms with Crippen LogP contribution in [0.2, 0.25) is 0 Å². The van der Waals surface area contributed by atoms with Gasteiger partial charge in [-0.25, -0.2) is 4.39 Å². The lowest BCUT2D eigenvalue weighted by molar-refractivity contribution is -0.135. The van der Waals surface area contributed by atoms with E-state index in [-0.39, 0.29) is 17.6 Å². The summed E-state index contributed by atoms with van der Waals surface area (Å²) in [5.74, 6) is -0.686. The molecule has 2 amide bonds. The van der Waals surface area contributed by atoms with Crippen molar-refractivity contribution in [2.45, 2.75) is 33.1 Å². The van der Waals surface area contributed by atoms with Gasteiger partial charge in [-0.15, -0.1) is 0 Å². The van der Waals surface area contributed by atoms with E-state index in [0.717, 1.165) is 11.3 Å². The molecule has 0 atom stereocenters. The molecule has 0 heterocycles. The van der Waals surface area contributed by atoms with Gasteiger partial charge in [-0.3, -0.25) is 9.59 Å². The summed E-state index contributed by atoms with van der Waals surface area (Å²) in [6, 6.07) is 14.3. The number of aryl methyl sites for hydroxylation is 1. The van der Waals surface area contributed by atoms with Gasteiger partial charge < -0.3 is 10.2 Å². The van der Waals surface area contributed by atoms with Crippen molar-refractivity contribution in [3.8, 4) is 0 Å². The predicted molar refractivity (Wildman–Crippen MR) is 104 cm³/mol. The quantitative estimate of drug-likeness (QED) is 0.759. The van der Waals surface area contributed by atoms with E-state index in [0.29, 0.717) is 37.9 Å². The monoisotopic (exact) mass is 368 g/mol. The highest BCUT2D eigenvalue weighted by molar-refractivity contribution is 6.14. The molecule has 3 rings (SSSR count). The molecule has 142 valence electrons. The number of benzene rings is 2. The van der Waals surface area contributed by atoms with Gasteiger partial charge in [0.2, 0.25) is 11.8 Å². The molecule has 1 aliphatic rings. The molecule has 0 aromatic heterocycles. The van der Waals surface area contributed by atoms with Gasteiger partial charge in [0, 0.05) is 18.8 Å². The first-order valence-corrected chi connectivity index (χ1v) is 9.38. The van der Waals surface area contributed by atoms with E-state index >= 15 is 0 Å². The second kappa shape index (κ2) is 7.91. The molecule has 2 aromatic carbocycles. The lowest BCUT2D eigenvalue weighted by Gasteiger charge is -2.26. The van der Waals surface area contributed by atoms with Gasteiger partial charge in [-0.05, 0) is 62.4 Å². The molecule has 2 aromatic rings.